The molecule has 1 heterocycles. The third-order valence-corrected chi connectivity index (χ3v) is 2.77. The van der Waals surface area contributed by atoms with Crippen LogP contribution in [0.4, 0.5) is 0 Å². The van der Waals surface area contributed by atoms with Gasteiger partial charge in [-0.2, -0.15) is 5.26 Å². The summed E-state index contributed by atoms with van der Waals surface area (Å²) in [7, 11) is 0. The molecule has 0 fully saturated rings. The molecule has 0 radical (unpaired) electrons. The summed E-state index contributed by atoms with van der Waals surface area (Å²) in [5, 5.41) is 8.87. The maximum absolute atomic E-state index is 11.8. The first-order valence-corrected chi connectivity index (χ1v) is 4.65. The van der Waals surface area contributed by atoms with Crippen molar-refractivity contribution in [2.45, 2.75) is 34.2 Å². The minimum Gasteiger partial charge on any atom is -0.312 e. The lowest BCUT2D eigenvalue weighted by atomic mass is 10.0. The fourth-order valence-corrected chi connectivity index (χ4v) is 1.62. The monoisotopic (exact) mass is 190 g/mol. The van der Waals surface area contributed by atoms with Gasteiger partial charge in [0.2, 0.25) is 0 Å². The SMILES string of the molecule is CCn1c(C)c(C)c(C)c(C#N)c1=O. The summed E-state index contributed by atoms with van der Waals surface area (Å²) < 4.78 is 1.64. The van der Waals surface area contributed by atoms with E-state index in [4.69, 9.17) is 5.26 Å². The molecule has 0 N–H and O–H groups in total. The smallest absolute Gasteiger partial charge is 0.268 e. The van der Waals surface area contributed by atoms with E-state index in [-0.39, 0.29) is 11.1 Å². The minimum absolute atomic E-state index is 0.171. The Hall–Kier alpha value is -1.56. The molecule has 0 aliphatic heterocycles. The van der Waals surface area contributed by atoms with Crippen LogP contribution in [0, 0.1) is 32.1 Å². The van der Waals surface area contributed by atoms with Gasteiger partial charge in [-0.05, 0) is 38.8 Å². The zero-order chi connectivity index (χ0) is 10.9. The summed E-state index contributed by atoms with van der Waals surface area (Å²) >= 11 is 0. The van der Waals surface area contributed by atoms with Crippen LogP contribution in [0.1, 0.15) is 29.3 Å². The number of nitrogens with zero attached hydrogens (tertiary/aromatic N) is 2. The van der Waals surface area contributed by atoms with Gasteiger partial charge in [-0.1, -0.05) is 0 Å². The number of rotatable bonds is 1. The van der Waals surface area contributed by atoms with Crippen LogP contribution in [0.3, 0.4) is 0 Å². The van der Waals surface area contributed by atoms with Crippen molar-refractivity contribution in [3.8, 4) is 6.07 Å². The van der Waals surface area contributed by atoms with Crippen molar-refractivity contribution >= 4 is 0 Å². The van der Waals surface area contributed by atoms with Crippen LogP contribution in [-0.4, -0.2) is 4.57 Å². The summed E-state index contributed by atoms with van der Waals surface area (Å²) in [6.45, 7) is 8.19. The molecule has 74 valence electrons. The van der Waals surface area contributed by atoms with Gasteiger partial charge in [0, 0.05) is 12.2 Å². The molecule has 0 aliphatic rings. The highest BCUT2D eigenvalue weighted by molar-refractivity contribution is 5.41. The standard InChI is InChI=1S/C11H14N2O/c1-5-13-9(4)7(2)8(3)10(6-12)11(13)14/h5H2,1-4H3. The average molecular weight is 190 g/mol. The zero-order valence-electron chi connectivity index (χ0n) is 9.01. The van der Waals surface area contributed by atoms with Crippen molar-refractivity contribution in [1.29, 1.82) is 5.26 Å². The largest absolute Gasteiger partial charge is 0.312 e. The van der Waals surface area contributed by atoms with E-state index >= 15 is 0 Å². The van der Waals surface area contributed by atoms with Crippen LogP contribution in [0.2, 0.25) is 0 Å². The third kappa shape index (κ3) is 1.33. The summed E-state index contributed by atoms with van der Waals surface area (Å²) in [4.78, 5) is 11.8. The summed E-state index contributed by atoms with van der Waals surface area (Å²) in [5.74, 6) is 0. The zero-order valence-corrected chi connectivity index (χ0v) is 9.01. The molecule has 0 aliphatic carbocycles. The highest BCUT2D eigenvalue weighted by atomic mass is 16.1. The van der Waals surface area contributed by atoms with Gasteiger partial charge in [-0.3, -0.25) is 4.79 Å². The van der Waals surface area contributed by atoms with Crippen LogP contribution in [0.15, 0.2) is 4.79 Å². The van der Waals surface area contributed by atoms with Gasteiger partial charge in [-0.15, -0.1) is 0 Å². The number of aromatic nitrogens is 1. The van der Waals surface area contributed by atoms with E-state index in [0.717, 1.165) is 16.8 Å². The van der Waals surface area contributed by atoms with Crippen LogP contribution >= 0.6 is 0 Å². The molecule has 1 aromatic rings. The van der Waals surface area contributed by atoms with Crippen molar-refractivity contribution < 1.29 is 0 Å². The molecule has 1 rings (SSSR count). The number of hydrogen-bond donors (Lipinski definition) is 0. The predicted octanol–water partition coefficient (Wildman–Crippen LogP) is 1.67. The van der Waals surface area contributed by atoms with Gasteiger partial charge < -0.3 is 4.57 Å². The Morgan fingerprint density at radius 1 is 1.29 bits per heavy atom. The first-order valence-electron chi connectivity index (χ1n) is 4.65. The fraction of sp³-hybridized carbons (Fsp3) is 0.455. The van der Waals surface area contributed by atoms with Gasteiger partial charge >= 0.3 is 0 Å². The molecule has 0 unspecified atom stereocenters. The average Bonchev–Trinajstić information content (AvgIpc) is 2.16. The van der Waals surface area contributed by atoms with Crippen LogP contribution in [-0.2, 0) is 6.54 Å². The molecule has 0 aromatic carbocycles. The second kappa shape index (κ2) is 3.67. The van der Waals surface area contributed by atoms with Gasteiger partial charge in [0.25, 0.3) is 5.56 Å². The van der Waals surface area contributed by atoms with E-state index < -0.39 is 0 Å². The highest BCUT2D eigenvalue weighted by Gasteiger charge is 2.12. The summed E-state index contributed by atoms with van der Waals surface area (Å²) in [6, 6.07) is 1.97. The Labute approximate surface area is 83.6 Å². The van der Waals surface area contributed by atoms with E-state index in [9.17, 15) is 4.79 Å². The quantitative estimate of drug-likeness (QED) is 0.676. The van der Waals surface area contributed by atoms with Gasteiger partial charge in [-0.25, -0.2) is 0 Å². The molecule has 0 bridgehead atoms. The molecule has 14 heavy (non-hydrogen) atoms. The number of hydrogen-bond acceptors (Lipinski definition) is 2. The third-order valence-electron chi connectivity index (χ3n) is 2.77. The van der Waals surface area contributed by atoms with Gasteiger partial charge in [0.15, 0.2) is 0 Å². The molecular weight excluding hydrogens is 176 g/mol. The molecule has 0 atom stereocenters. The second-order valence-corrected chi connectivity index (χ2v) is 3.37. The molecule has 0 saturated carbocycles. The van der Waals surface area contributed by atoms with E-state index in [1.54, 1.807) is 4.57 Å². The first kappa shape index (κ1) is 10.5. The van der Waals surface area contributed by atoms with Crippen molar-refractivity contribution in [1.82, 2.24) is 4.57 Å². The van der Waals surface area contributed by atoms with E-state index in [0.29, 0.717) is 6.54 Å². The number of nitriles is 1. The molecule has 0 saturated heterocycles. The molecular formula is C11H14N2O. The van der Waals surface area contributed by atoms with Crippen LogP contribution < -0.4 is 5.56 Å². The molecule has 0 spiro atoms. The Bertz CT molecular complexity index is 464. The minimum atomic E-state index is -0.171. The molecule has 0 amide bonds. The van der Waals surface area contributed by atoms with Crippen molar-refractivity contribution in [3.05, 3.63) is 32.7 Å². The summed E-state index contributed by atoms with van der Waals surface area (Å²) in [5.41, 5.74) is 2.89. The van der Waals surface area contributed by atoms with Crippen molar-refractivity contribution in [2.75, 3.05) is 0 Å². The van der Waals surface area contributed by atoms with E-state index in [2.05, 4.69) is 0 Å². The second-order valence-electron chi connectivity index (χ2n) is 3.37. The lowest BCUT2D eigenvalue weighted by molar-refractivity contribution is 0.690. The maximum atomic E-state index is 11.8. The normalized spacial score (nSPS) is 9.93. The molecule has 3 nitrogen and oxygen atoms in total. The topological polar surface area (TPSA) is 45.8 Å². The van der Waals surface area contributed by atoms with Crippen molar-refractivity contribution in [2.24, 2.45) is 0 Å². The lowest BCUT2D eigenvalue weighted by Gasteiger charge is -2.13. The van der Waals surface area contributed by atoms with E-state index in [1.165, 1.54) is 0 Å². The Morgan fingerprint density at radius 3 is 2.29 bits per heavy atom. The van der Waals surface area contributed by atoms with Gasteiger partial charge in [0.1, 0.15) is 11.6 Å². The van der Waals surface area contributed by atoms with Crippen LogP contribution in [0.5, 0.6) is 0 Å². The summed E-state index contributed by atoms with van der Waals surface area (Å²) in [6.07, 6.45) is 0. The van der Waals surface area contributed by atoms with Crippen LogP contribution in [0.25, 0.3) is 0 Å². The van der Waals surface area contributed by atoms with E-state index in [1.807, 2.05) is 33.8 Å². The fourth-order valence-electron chi connectivity index (χ4n) is 1.62. The van der Waals surface area contributed by atoms with Gasteiger partial charge in [0.05, 0.1) is 0 Å². The Kier molecular flexibility index (Phi) is 2.76. The van der Waals surface area contributed by atoms with Crippen molar-refractivity contribution in [3.63, 3.8) is 0 Å². The molecule has 1 aromatic heterocycles. The number of pyridine rings is 1. The predicted molar refractivity (Wildman–Crippen MR) is 55.3 cm³/mol. The lowest BCUT2D eigenvalue weighted by Crippen LogP contribution is -2.26. The Morgan fingerprint density at radius 2 is 1.86 bits per heavy atom. The first-order chi connectivity index (χ1) is 6.54. The maximum Gasteiger partial charge on any atom is 0.268 e. The Balaban J connectivity index is 3.76. The highest BCUT2D eigenvalue weighted by Crippen LogP contribution is 2.12. The molecule has 3 heteroatoms.